The molecule has 1 aliphatic rings. The zero-order valence-corrected chi connectivity index (χ0v) is 13.3. The van der Waals surface area contributed by atoms with Gasteiger partial charge in [-0.25, -0.2) is 9.40 Å². The molecule has 2 heterocycles. The fourth-order valence-corrected chi connectivity index (χ4v) is 2.72. The molecule has 24 heavy (non-hydrogen) atoms. The van der Waals surface area contributed by atoms with E-state index in [1.54, 1.807) is 24.5 Å². The van der Waals surface area contributed by atoms with Gasteiger partial charge in [-0.2, -0.15) is 10.4 Å². The normalized spacial score (nSPS) is 15.8. The lowest BCUT2D eigenvalue weighted by atomic mass is 9.92. The molecule has 0 spiro atoms. The van der Waals surface area contributed by atoms with Crippen molar-refractivity contribution >= 4 is 11.6 Å². The Bertz CT molecular complexity index is 868. The Morgan fingerprint density at radius 1 is 1.29 bits per heavy atom. The Kier molecular flexibility index (Phi) is 3.86. The van der Waals surface area contributed by atoms with Crippen LogP contribution in [0.4, 0.5) is 4.39 Å². The number of aromatic nitrogens is 1. The molecule has 0 unspecified atom stereocenters. The van der Waals surface area contributed by atoms with Gasteiger partial charge in [0.1, 0.15) is 5.82 Å². The van der Waals surface area contributed by atoms with E-state index in [9.17, 15) is 14.4 Å². The number of amides is 1. The van der Waals surface area contributed by atoms with Crippen LogP contribution >= 0.6 is 0 Å². The molecule has 2 aromatic rings. The minimum Gasteiger partial charge on any atom is -0.267 e. The molecule has 120 valence electrons. The van der Waals surface area contributed by atoms with Crippen LogP contribution in [-0.4, -0.2) is 27.2 Å². The summed E-state index contributed by atoms with van der Waals surface area (Å²) < 4.78 is 13.3. The minimum absolute atomic E-state index is 0.211. The van der Waals surface area contributed by atoms with Gasteiger partial charge in [-0.05, 0) is 44.2 Å². The van der Waals surface area contributed by atoms with Crippen LogP contribution in [0, 0.1) is 17.1 Å². The van der Waals surface area contributed by atoms with Crippen LogP contribution in [0.15, 0.2) is 47.8 Å². The van der Waals surface area contributed by atoms with E-state index in [-0.39, 0.29) is 11.5 Å². The Morgan fingerprint density at radius 3 is 2.67 bits per heavy atom. The molecular formula is C18H15FN4O. The number of benzene rings is 1. The summed E-state index contributed by atoms with van der Waals surface area (Å²) in [5, 5.41) is 15.1. The van der Waals surface area contributed by atoms with Gasteiger partial charge in [-0.15, -0.1) is 0 Å². The van der Waals surface area contributed by atoms with Gasteiger partial charge in [0.15, 0.2) is 0 Å². The van der Waals surface area contributed by atoms with E-state index in [1.165, 1.54) is 23.2 Å². The Morgan fingerprint density at radius 2 is 2.00 bits per heavy atom. The highest BCUT2D eigenvalue weighted by molar-refractivity contribution is 6.06. The first-order valence-corrected chi connectivity index (χ1v) is 7.44. The van der Waals surface area contributed by atoms with Gasteiger partial charge in [-0.1, -0.05) is 0 Å². The summed E-state index contributed by atoms with van der Waals surface area (Å²) in [6.45, 7) is 3.80. The van der Waals surface area contributed by atoms with Crippen molar-refractivity contribution in [3.8, 4) is 6.07 Å². The van der Waals surface area contributed by atoms with Gasteiger partial charge in [-0.3, -0.25) is 9.78 Å². The lowest BCUT2D eigenvalue weighted by Crippen LogP contribution is -2.40. The van der Waals surface area contributed by atoms with E-state index in [1.807, 2.05) is 19.9 Å². The highest BCUT2D eigenvalue weighted by Gasteiger charge is 2.39. The van der Waals surface area contributed by atoms with Crippen molar-refractivity contribution in [1.82, 2.24) is 9.99 Å². The largest absolute Gasteiger partial charge is 0.274 e. The van der Waals surface area contributed by atoms with Crippen molar-refractivity contribution in [2.24, 2.45) is 5.10 Å². The van der Waals surface area contributed by atoms with Crippen molar-refractivity contribution in [2.45, 2.75) is 25.8 Å². The second kappa shape index (κ2) is 5.85. The van der Waals surface area contributed by atoms with Crippen molar-refractivity contribution in [2.75, 3.05) is 0 Å². The number of carbonyl (C=O) groups excluding carboxylic acids is 1. The van der Waals surface area contributed by atoms with Gasteiger partial charge in [0, 0.05) is 29.9 Å². The van der Waals surface area contributed by atoms with Gasteiger partial charge in [0.25, 0.3) is 5.91 Å². The van der Waals surface area contributed by atoms with Crippen LogP contribution in [0.5, 0.6) is 0 Å². The number of halogens is 1. The summed E-state index contributed by atoms with van der Waals surface area (Å²) >= 11 is 0. The molecule has 5 nitrogen and oxygen atoms in total. The molecular weight excluding hydrogens is 307 g/mol. The third-order valence-electron chi connectivity index (χ3n) is 3.93. The number of rotatable bonds is 2. The Labute approximate surface area is 139 Å². The van der Waals surface area contributed by atoms with Crippen LogP contribution in [-0.2, 0) is 0 Å². The summed E-state index contributed by atoms with van der Waals surface area (Å²) in [7, 11) is 0. The average molecular weight is 322 g/mol. The quantitative estimate of drug-likeness (QED) is 0.853. The maximum Gasteiger partial charge on any atom is 0.274 e. The number of hydrogen-bond donors (Lipinski definition) is 0. The summed E-state index contributed by atoms with van der Waals surface area (Å²) in [6.07, 6.45) is 3.58. The van der Waals surface area contributed by atoms with Gasteiger partial charge in [0.05, 0.1) is 22.9 Å². The first-order chi connectivity index (χ1) is 11.4. The predicted octanol–water partition coefficient (Wildman–Crippen LogP) is 3.12. The van der Waals surface area contributed by atoms with Crippen LogP contribution in [0.2, 0.25) is 0 Å². The first kappa shape index (κ1) is 15.8. The maximum atomic E-state index is 13.3. The van der Waals surface area contributed by atoms with Crippen LogP contribution < -0.4 is 0 Å². The van der Waals surface area contributed by atoms with E-state index in [0.29, 0.717) is 23.3 Å². The topological polar surface area (TPSA) is 69.3 Å². The third-order valence-corrected chi connectivity index (χ3v) is 3.93. The number of nitriles is 1. The second-order valence-corrected chi connectivity index (χ2v) is 6.19. The zero-order chi connectivity index (χ0) is 17.3. The lowest BCUT2D eigenvalue weighted by molar-refractivity contribution is 0.0612. The zero-order valence-electron chi connectivity index (χ0n) is 13.3. The number of hydrazone groups is 1. The fraction of sp³-hybridized carbons (Fsp3) is 0.222. The molecule has 0 bridgehead atoms. The smallest absolute Gasteiger partial charge is 0.267 e. The molecule has 1 aromatic carbocycles. The number of pyridine rings is 1. The molecule has 1 amide bonds. The number of hydrogen-bond acceptors (Lipinski definition) is 4. The minimum atomic E-state index is -0.545. The van der Waals surface area contributed by atoms with Gasteiger partial charge in [0.2, 0.25) is 0 Å². The van der Waals surface area contributed by atoms with E-state index >= 15 is 0 Å². The molecule has 6 heteroatoms. The molecule has 0 fully saturated rings. The van der Waals surface area contributed by atoms with Crippen molar-refractivity contribution in [3.05, 3.63) is 65.2 Å². The van der Waals surface area contributed by atoms with Gasteiger partial charge >= 0.3 is 0 Å². The summed E-state index contributed by atoms with van der Waals surface area (Å²) in [5.41, 5.74) is 1.30. The van der Waals surface area contributed by atoms with Crippen LogP contribution in [0.3, 0.4) is 0 Å². The molecule has 0 radical (unpaired) electrons. The van der Waals surface area contributed by atoms with Crippen molar-refractivity contribution in [3.63, 3.8) is 0 Å². The Balaban J connectivity index is 2.01. The molecule has 1 aliphatic heterocycles. The number of nitrogens with zero attached hydrogens (tertiary/aromatic N) is 4. The highest BCUT2D eigenvalue weighted by atomic mass is 19.1. The standard InChI is InChI=1S/C18H15FN4O/c1-18(2)10-16(15-4-3-14(19)9-13(15)11-20)22-23(18)17(24)12-5-7-21-8-6-12/h3-9H,10H2,1-2H3. The van der Waals surface area contributed by atoms with E-state index in [4.69, 9.17) is 0 Å². The summed E-state index contributed by atoms with van der Waals surface area (Å²) in [5.74, 6) is -0.712. The summed E-state index contributed by atoms with van der Waals surface area (Å²) in [6, 6.07) is 9.24. The monoisotopic (exact) mass is 322 g/mol. The van der Waals surface area contributed by atoms with E-state index in [2.05, 4.69) is 10.1 Å². The van der Waals surface area contributed by atoms with E-state index < -0.39 is 11.4 Å². The molecule has 3 rings (SSSR count). The molecule has 1 aromatic heterocycles. The molecule has 0 saturated carbocycles. The molecule has 0 saturated heterocycles. The average Bonchev–Trinajstić information content (AvgIpc) is 2.90. The lowest BCUT2D eigenvalue weighted by Gasteiger charge is -2.28. The molecule has 0 N–H and O–H groups in total. The van der Waals surface area contributed by atoms with Crippen molar-refractivity contribution in [1.29, 1.82) is 5.26 Å². The van der Waals surface area contributed by atoms with Crippen molar-refractivity contribution < 1.29 is 9.18 Å². The second-order valence-electron chi connectivity index (χ2n) is 6.19. The van der Waals surface area contributed by atoms with Gasteiger partial charge < -0.3 is 0 Å². The predicted molar refractivity (Wildman–Crippen MR) is 86.8 cm³/mol. The number of carbonyl (C=O) groups is 1. The third kappa shape index (κ3) is 2.76. The first-order valence-electron chi connectivity index (χ1n) is 7.44. The summed E-state index contributed by atoms with van der Waals surface area (Å²) in [4.78, 5) is 16.6. The van der Waals surface area contributed by atoms with Crippen LogP contribution in [0.25, 0.3) is 0 Å². The Hall–Kier alpha value is -3.07. The fourth-order valence-electron chi connectivity index (χ4n) is 2.72. The maximum absolute atomic E-state index is 13.3. The van der Waals surface area contributed by atoms with Crippen LogP contribution in [0.1, 0.15) is 41.8 Å². The molecule has 0 atom stereocenters. The van der Waals surface area contributed by atoms with E-state index in [0.717, 1.165) is 0 Å². The highest BCUT2D eigenvalue weighted by Crippen LogP contribution is 2.31. The molecule has 0 aliphatic carbocycles. The SMILES string of the molecule is CC1(C)CC(c2ccc(F)cc2C#N)=NN1C(=O)c1ccncc1.